The van der Waals surface area contributed by atoms with Crippen LogP contribution < -0.4 is 10.3 Å². The van der Waals surface area contributed by atoms with Crippen LogP contribution in [-0.2, 0) is 14.4 Å². The summed E-state index contributed by atoms with van der Waals surface area (Å²) in [7, 11) is 3.87. The zero-order valence-corrected chi connectivity index (χ0v) is 24.1. The first kappa shape index (κ1) is 32.3. The van der Waals surface area contributed by atoms with Crippen molar-refractivity contribution in [3.63, 3.8) is 0 Å². The predicted molar refractivity (Wildman–Crippen MR) is 142 cm³/mol. The number of ether oxygens (including phenoxy) is 1. The Hall–Kier alpha value is -4.20. The lowest BCUT2D eigenvalue weighted by Crippen LogP contribution is -2.55. The number of nitrogens with zero attached hydrogens (tertiary/aromatic N) is 8. The van der Waals surface area contributed by atoms with Gasteiger partial charge in [0.25, 0.3) is 0 Å². The Balaban J connectivity index is 2.10. The van der Waals surface area contributed by atoms with Crippen molar-refractivity contribution < 1.29 is 37.1 Å². The number of imidazole rings is 1. The van der Waals surface area contributed by atoms with Gasteiger partial charge in [-0.2, -0.15) is 28.4 Å². The number of carbonyl (C=O) groups is 3. The summed E-state index contributed by atoms with van der Waals surface area (Å²) in [6, 6.07) is 0.430. The molecule has 1 fully saturated rings. The van der Waals surface area contributed by atoms with Crippen molar-refractivity contribution >= 4 is 35.1 Å². The highest BCUT2D eigenvalue weighted by atomic mass is 19.4. The number of nitriles is 1. The van der Waals surface area contributed by atoms with Crippen LogP contribution in [0.25, 0.3) is 11.2 Å². The molecule has 2 aromatic rings. The van der Waals surface area contributed by atoms with Crippen LogP contribution in [0, 0.1) is 11.3 Å². The minimum Gasteiger partial charge on any atom is -0.440 e. The highest BCUT2D eigenvalue weighted by molar-refractivity contribution is 5.92. The average Bonchev–Trinajstić information content (AvgIpc) is 3.56. The summed E-state index contributed by atoms with van der Waals surface area (Å²) in [5.74, 6) is -3.46. The molecule has 2 amide bonds. The van der Waals surface area contributed by atoms with E-state index in [0.29, 0.717) is 38.6 Å². The smallest absolute Gasteiger partial charge is 0.440 e. The van der Waals surface area contributed by atoms with Crippen molar-refractivity contribution in [2.75, 3.05) is 32.2 Å². The number of amides is 2. The Bertz CT molecular complexity index is 1330. The van der Waals surface area contributed by atoms with Gasteiger partial charge in [-0.05, 0) is 72.3 Å². The Kier molecular flexibility index (Phi) is 10.1. The summed E-state index contributed by atoms with van der Waals surface area (Å²) in [5, 5.41) is 13.4. The number of unbranched alkanes of at least 4 members (excludes halogenated alkanes) is 1. The molecule has 0 bridgehead atoms. The molecule has 3 rings (SSSR count). The van der Waals surface area contributed by atoms with E-state index in [0.717, 1.165) is 28.9 Å². The average molecular weight is 598 g/mol. The topological polar surface area (TPSA) is 159 Å². The van der Waals surface area contributed by atoms with Gasteiger partial charge in [0, 0.05) is 6.54 Å². The number of alkyl halides is 3. The van der Waals surface area contributed by atoms with Gasteiger partial charge >= 0.3 is 24.3 Å². The van der Waals surface area contributed by atoms with Gasteiger partial charge in [0.1, 0.15) is 18.0 Å². The molecule has 0 radical (unpaired) electrons. The third-order valence-corrected chi connectivity index (χ3v) is 6.04. The van der Waals surface area contributed by atoms with Gasteiger partial charge in [-0.1, -0.05) is 12.8 Å². The molecule has 1 saturated carbocycles. The number of hydrogen-bond acceptors (Lipinski definition) is 11. The van der Waals surface area contributed by atoms with Crippen molar-refractivity contribution in [1.82, 2.24) is 34.9 Å². The van der Waals surface area contributed by atoms with Gasteiger partial charge in [-0.3, -0.25) is 0 Å². The number of anilines is 1. The molecule has 2 heterocycles. The molecule has 0 saturated heterocycles. The van der Waals surface area contributed by atoms with Gasteiger partial charge in [0.05, 0.1) is 6.04 Å². The summed E-state index contributed by atoms with van der Waals surface area (Å²) in [6.07, 6.45) is -2.25. The van der Waals surface area contributed by atoms with Gasteiger partial charge in [-0.15, -0.1) is 0 Å². The summed E-state index contributed by atoms with van der Waals surface area (Å²) < 4.78 is 46.2. The van der Waals surface area contributed by atoms with Crippen molar-refractivity contribution in [2.45, 2.75) is 77.1 Å². The van der Waals surface area contributed by atoms with Crippen LogP contribution in [0.4, 0.5) is 28.6 Å². The number of fused-ring (bicyclic) bond motifs is 1. The monoisotopic (exact) mass is 597 g/mol. The summed E-state index contributed by atoms with van der Waals surface area (Å²) in [4.78, 5) is 57.2. The second-order valence-corrected chi connectivity index (χ2v) is 10.9. The molecule has 0 unspecified atom stereocenters. The van der Waals surface area contributed by atoms with E-state index in [2.05, 4.69) is 25.1 Å². The van der Waals surface area contributed by atoms with Crippen LogP contribution in [0.15, 0.2) is 6.33 Å². The third kappa shape index (κ3) is 8.18. The first-order valence-corrected chi connectivity index (χ1v) is 13.3. The number of carbonyl (C=O) groups excluding carboxylic acids is 3. The molecule has 0 aromatic carbocycles. The number of hydrazine groups is 1. The molecule has 1 N–H and O–H groups in total. The summed E-state index contributed by atoms with van der Waals surface area (Å²) >= 11 is 0. The zero-order chi connectivity index (χ0) is 31.2. The molecule has 17 heteroatoms. The van der Waals surface area contributed by atoms with E-state index < -0.39 is 41.7 Å². The number of hydrogen-bond donors (Lipinski definition) is 1. The molecule has 0 aliphatic heterocycles. The summed E-state index contributed by atoms with van der Waals surface area (Å²) in [5.41, 5.74) is -1.45. The second kappa shape index (κ2) is 13.2. The van der Waals surface area contributed by atoms with Crippen LogP contribution in [0.2, 0.25) is 0 Å². The fourth-order valence-electron chi connectivity index (χ4n) is 4.23. The maximum absolute atomic E-state index is 13.3. The Morgan fingerprint density at radius 1 is 1.14 bits per heavy atom. The molecule has 1 aliphatic rings. The predicted octanol–water partition coefficient (Wildman–Crippen LogP) is 3.52. The highest BCUT2D eigenvalue weighted by Gasteiger charge is 2.47. The van der Waals surface area contributed by atoms with E-state index in [-0.39, 0.29) is 22.2 Å². The van der Waals surface area contributed by atoms with E-state index in [1.807, 2.05) is 19.0 Å². The Morgan fingerprint density at radius 2 is 1.81 bits per heavy atom. The largest absolute Gasteiger partial charge is 0.493 e. The van der Waals surface area contributed by atoms with E-state index in [1.54, 1.807) is 6.07 Å². The van der Waals surface area contributed by atoms with Crippen LogP contribution in [0.5, 0.6) is 0 Å². The molecule has 1 aliphatic carbocycles. The molecule has 42 heavy (non-hydrogen) atoms. The number of rotatable bonds is 8. The fraction of sp³-hybridized carbons (Fsp3) is 0.640. The molecule has 0 atom stereocenters. The zero-order valence-electron chi connectivity index (χ0n) is 24.1. The molecule has 0 spiro atoms. The number of aromatic nitrogens is 4. The Labute approximate surface area is 240 Å². The van der Waals surface area contributed by atoms with Gasteiger partial charge < -0.3 is 19.8 Å². The Morgan fingerprint density at radius 3 is 2.38 bits per heavy atom. The van der Waals surface area contributed by atoms with Crippen LogP contribution in [0.1, 0.15) is 65.1 Å². The van der Waals surface area contributed by atoms with Crippen molar-refractivity contribution in [2.24, 2.45) is 0 Å². The molecule has 2 aromatic heterocycles. The fourth-order valence-corrected chi connectivity index (χ4v) is 4.23. The van der Waals surface area contributed by atoms with Crippen molar-refractivity contribution in [3.05, 3.63) is 12.2 Å². The number of hydroxylamine groups is 1. The number of halogens is 3. The van der Waals surface area contributed by atoms with E-state index >= 15 is 0 Å². The third-order valence-electron chi connectivity index (χ3n) is 6.04. The van der Waals surface area contributed by atoms with Crippen molar-refractivity contribution in [3.8, 4) is 6.07 Å². The maximum atomic E-state index is 13.3. The molecule has 14 nitrogen and oxygen atoms in total. The van der Waals surface area contributed by atoms with Gasteiger partial charge in [0.15, 0.2) is 17.0 Å². The van der Waals surface area contributed by atoms with Gasteiger partial charge in [0.2, 0.25) is 5.82 Å². The molecular weight excluding hydrogens is 563 g/mol. The van der Waals surface area contributed by atoms with Crippen LogP contribution >= 0.6 is 0 Å². The quantitative estimate of drug-likeness (QED) is 0.350. The standard InChI is InChI=1S/C25H34F3N9O5/c1-24(2,3)41-23(40)37(42-21(38)25(26,27)28)36(16-10-6-7-11-16)20-18-19(32-17(14-29)33-20)35(15-31-18)22(39)30-12-8-9-13-34(4)5/h15-16H,6-13H2,1-5H3,(H,30,39). The SMILES string of the molecule is CN(C)CCCCNC(=O)n1cnc2c(N(C3CCCC3)N(OC(=O)C(F)(F)F)C(=O)OC(C)(C)C)nc(C#N)nc21. The second-order valence-electron chi connectivity index (χ2n) is 10.9. The van der Waals surface area contributed by atoms with Crippen molar-refractivity contribution in [1.29, 1.82) is 5.26 Å². The minimum absolute atomic E-state index is 0.0594. The lowest BCUT2D eigenvalue weighted by atomic mass is 10.2. The molecular formula is C25H34F3N9O5. The maximum Gasteiger partial charge on any atom is 0.493 e. The van der Waals surface area contributed by atoms with E-state index in [4.69, 9.17) is 4.74 Å². The number of nitrogens with one attached hydrogen (secondary N) is 1. The first-order valence-electron chi connectivity index (χ1n) is 13.3. The lowest BCUT2D eigenvalue weighted by molar-refractivity contribution is -0.235. The van der Waals surface area contributed by atoms with E-state index in [1.165, 1.54) is 20.8 Å². The minimum atomic E-state index is -5.45. The van der Waals surface area contributed by atoms with Crippen LogP contribution in [0.3, 0.4) is 0 Å². The van der Waals surface area contributed by atoms with Gasteiger partial charge in [-0.25, -0.2) is 28.9 Å². The first-order chi connectivity index (χ1) is 19.6. The highest BCUT2D eigenvalue weighted by Crippen LogP contribution is 2.34. The lowest BCUT2D eigenvalue weighted by Gasteiger charge is -2.37. The molecule has 230 valence electrons. The van der Waals surface area contributed by atoms with Crippen LogP contribution in [-0.4, -0.2) is 92.7 Å². The van der Waals surface area contributed by atoms with E-state index in [9.17, 15) is 32.8 Å². The normalized spacial score (nSPS) is 14.1. The summed E-state index contributed by atoms with van der Waals surface area (Å²) in [6.45, 7) is 5.60.